The molecular weight excluding hydrogens is 372 g/mol. The molecule has 1 fully saturated rings. The smallest absolute Gasteiger partial charge is 0.326 e. The molecule has 0 bridgehead atoms. The summed E-state index contributed by atoms with van der Waals surface area (Å²) in [5.41, 5.74) is 8.26. The van der Waals surface area contributed by atoms with Crippen LogP contribution in [0.5, 0.6) is 5.88 Å². The van der Waals surface area contributed by atoms with Gasteiger partial charge >= 0.3 is 5.69 Å². The topological polar surface area (TPSA) is 149 Å². The zero-order chi connectivity index (χ0) is 20.0. The lowest BCUT2D eigenvalue weighted by molar-refractivity contribution is 0.454. The molecule has 29 heavy (non-hydrogen) atoms. The molecular formula is C19H18N8O2. The van der Waals surface area contributed by atoms with E-state index in [4.69, 9.17) is 10.7 Å². The van der Waals surface area contributed by atoms with Crippen molar-refractivity contribution in [2.45, 2.75) is 18.9 Å². The first-order valence-corrected chi connectivity index (χ1v) is 9.13. The number of aromatic nitrogens is 5. The van der Waals surface area contributed by atoms with Gasteiger partial charge in [0.15, 0.2) is 11.1 Å². The Morgan fingerprint density at radius 3 is 2.76 bits per heavy atom. The van der Waals surface area contributed by atoms with Gasteiger partial charge in [-0.15, -0.1) is 0 Å². The predicted molar refractivity (Wildman–Crippen MR) is 108 cm³/mol. The van der Waals surface area contributed by atoms with E-state index in [9.17, 15) is 9.90 Å². The van der Waals surface area contributed by atoms with Crippen LogP contribution in [0.3, 0.4) is 0 Å². The molecule has 3 aromatic heterocycles. The van der Waals surface area contributed by atoms with E-state index in [1.54, 1.807) is 28.9 Å². The van der Waals surface area contributed by atoms with Gasteiger partial charge in [-0.1, -0.05) is 0 Å². The van der Waals surface area contributed by atoms with E-state index in [1.165, 1.54) is 0 Å². The maximum atomic E-state index is 11.4. The molecule has 1 aromatic carbocycles. The quantitative estimate of drug-likeness (QED) is 0.318. The molecule has 0 atom stereocenters. The number of H-pyrrole nitrogens is 2. The van der Waals surface area contributed by atoms with Crippen molar-refractivity contribution in [1.82, 2.24) is 24.6 Å². The van der Waals surface area contributed by atoms with Gasteiger partial charge in [-0.25, -0.2) is 9.78 Å². The molecule has 0 unspecified atom stereocenters. The first-order chi connectivity index (χ1) is 14.0. The van der Waals surface area contributed by atoms with Crippen molar-refractivity contribution in [3.8, 4) is 5.88 Å². The van der Waals surface area contributed by atoms with Crippen LogP contribution in [0.2, 0.25) is 0 Å². The highest BCUT2D eigenvalue weighted by atomic mass is 16.3. The summed E-state index contributed by atoms with van der Waals surface area (Å²) in [5.74, 6) is 0.358. The number of hydrogen-bond donors (Lipinski definition) is 5. The number of aromatic amines is 2. The average molecular weight is 390 g/mol. The number of fused-ring (bicyclic) bond motifs is 1. The Bertz CT molecular complexity index is 1380. The standard InChI is InChI=1S/C19H18N8O2/c20-11-1-3-12(4-2-11)22-15-8-16(23-13-5-6-13)27-17(25-15)10(9-21-27)7-14-18(28)26-19(29)24-14/h1-4,7-9,13,22,28H,5-6,20H2,(H2,24,26,29). The Balaban J connectivity index is 1.67. The molecule has 3 heterocycles. The van der Waals surface area contributed by atoms with Gasteiger partial charge in [0, 0.05) is 22.7 Å². The first-order valence-electron chi connectivity index (χ1n) is 9.13. The molecule has 0 amide bonds. The molecule has 4 aromatic rings. The number of nitrogens with zero attached hydrogens (tertiary/aromatic N) is 4. The van der Waals surface area contributed by atoms with Crippen molar-refractivity contribution >= 4 is 28.9 Å². The first kappa shape index (κ1) is 17.0. The molecule has 0 saturated heterocycles. The number of nitrogens with one attached hydrogen (secondary N) is 3. The SMILES string of the molecule is Nc1ccc(Nc2cc(=NC3CC3)n3ncc(=Cc4[nH]c(=O)[nH]c4O)c3n2)cc1. The van der Waals surface area contributed by atoms with E-state index < -0.39 is 5.69 Å². The molecule has 10 heteroatoms. The summed E-state index contributed by atoms with van der Waals surface area (Å²) in [6.45, 7) is 0. The van der Waals surface area contributed by atoms with Gasteiger partial charge in [-0.3, -0.25) is 9.98 Å². The molecule has 0 aliphatic heterocycles. The molecule has 0 spiro atoms. The molecule has 10 nitrogen and oxygen atoms in total. The highest BCUT2D eigenvalue weighted by Gasteiger charge is 2.20. The van der Waals surface area contributed by atoms with Crippen LogP contribution in [0.1, 0.15) is 18.5 Å². The number of imidazole rings is 1. The lowest BCUT2D eigenvalue weighted by Crippen LogP contribution is -2.19. The van der Waals surface area contributed by atoms with E-state index >= 15 is 0 Å². The van der Waals surface area contributed by atoms with Crippen molar-refractivity contribution in [2.24, 2.45) is 4.99 Å². The fourth-order valence-electron chi connectivity index (χ4n) is 2.97. The number of rotatable bonds is 4. The summed E-state index contributed by atoms with van der Waals surface area (Å²) < 4.78 is 1.65. The second kappa shape index (κ2) is 6.51. The Morgan fingerprint density at radius 1 is 1.28 bits per heavy atom. The third-order valence-corrected chi connectivity index (χ3v) is 4.56. The van der Waals surface area contributed by atoms with Gasteiger partial charge in [0.1, 0.15) is 11.5 Å². The Morgan fingerprint density at radius 2 is 2.07 bits per heavy atom. The van der Waals surface area contributed by atoms with E-state index in [0.29, 0.717) is 33.9 Å². The monoisotopic (exact) mass is 390 g/mol. The Labute approximate surface area is 163 Å². The van der Waals surface area contributed by atoms with Crippen molar-refractivity contribution in [3.63, 3.8) is 0 Å². The second-order valence-corrected chi connectivity index (χ2v) is 6.93. The molecule has 5 rings (SSSR count). The lowest BCUT2D eigenvalue weighted by Gasteiger charge is -2.06. The van der Waals surface area contributed by atoms with Crippen LogP contribution in [-0.2, 0) is 0 Å². The zero-order valence-electron chi connectivity index (χ0n) is 15.3. The fourth-order valence-corrected chi connectivity index (χ4v) is 2.97. The number of nitrogen functional groups attached to an aromatic ring is 1. The molecule has 6 N–H and O–H groups in total. The van der Waals surface area contributed by atoms with Crippen LogP contribution in [0.15, 0.2) is 46.3 Å². The van der Waals surface area contributed by atoms with Crippen LogP contribution in [0, 0.1) is 0 Å². The maximum absolute atomic E-state index is 11.4. The highest BCUT2D eigenvalue weighted by molar-refractivity contribution is 5.62. The molecule has 1 aliphatic rings. The van der Waals surface area contributed by atoms with Gasteiger partial charge in [0.2, 0.25) is 5.88 Å². The summed E-state index contributed by atoms with van der Waals surface area (Å²) in [4.78, 5) is 25.6. The van der Waals surface area contributed by atoms with Gasteiger partial charge < -0.3 is 21.1 Å². The van der Waals surface area contributed by atoms with E-state index in [2.05, 4.69) is 25.4 Å². The molecule has 146 valence electrons. The Kier molecular flexibility index (Phi) is 3.83. The van der Waals surface area contributed by atoms with Crippen molar-refractivity contribution < 1.29 is 5.11 Å². The van der Waals surface area contributed by atoms with E-state index in [1.807, 2.05) is 18.2 Å². The van der Waals surface area contributed by atoms with Crippen LogP contribution < -0.4 is 27.4 Å². The highest BCUT2D eigenvalue weighted by Crippen LogP contribution is 2.22. The maximum Gasteiger partial charge on any atom is 0.326 e. The van der Waals surface area contributed by atoms with Crippen molar-refractivity contribution in [3.05, 3.63) is 63.4 Å². The largest absolute Gasteiger partial charge is 0.493 e. The molecule has 0 radical (unpaired) electrons. The Hall–Kier alpha value is -4.08. The summed E-state index contributed by atoms with van der Waals surface area (Å²) in [5, 5.41) is 18.1. The lowest BCUT2D eigenvalue weighted by atomic mass is 10.3. The van der Waals surface area contributed by atoms with Gasteiger partial charge in [0.05, 0.1) is 12.2 Å². The van der Waals surface area contributed by atoms with Gasteiger partial charge in [0.25, 0.3) is 0 Å². The number of hydrogen-bond acceptors (Lipinski definition) is 7. The fraction of sp³-hybridized carbons (Fsp3) is 0.158. The van der Waals surface area contributed by atoms with Crippen molar-refractivity contribution in [2.75, 3.05) is 11.1 Å². The van der Waals surface area contributed by atoms with E-state index in [0.717, 1.165) is 18.5 Å². The number of aromatic hydroxyl groups is 1. The van der Waals surface area contributed by atoms with Gasteiger partial charge in [-0.2, -0.15) is 9.61 Å². The summed E-state index contributed by atoms with van der Waals surface area (Å²) >= 11 is 0. The summed E-state index contributed by atoms with van der Waals surface area (Å²) in [6.07, 6.45) is 5.34. The summed E-state index contributed by atoms with van der Waals surface area (Å²) in [6, 6.07) is 9.48. The van der Waals surface area contributed by atoms with Gasteiger partial charge in [-0.05, 0) is 43.2 Å². The zero-order valence-corrected chi connectivity index (χ0v) is 15.3. The van der Waals surface area contributed by atoms with Crippen LogP contribution in [-0.4, -0.2) is 35.7 Å². The molecule has 1 saturated carbocycles. The normalized spacial score (nSPS) is 15.3. The minimum absolute atomic E-state index is 0.242. The number of nitrogens with two attached hydrogens (primary N) is 1. The predicted octanol–water partition coefficient (Wildman–Crippen LogP) is 0.388. The second-order valence-electron chi connectivity index (χ2n) is 6.93. The minimum atomic E-state index is -0.492. The number of benzene rings is 1. The van der Waals surface area contributed by atoms with Crippen LogP contribution >= 0.6 is 0 Å². The third-order valence-electron chi connectivity index (χ3n) is 4.56. The van der Waals surface area contributed by atoms with Crippen LogP contribution in [0.25, 0.3) is 11.7 Å². The average Bonchev–Trinajstić information content (AvgIpc) is 3.33. The molecule has 1 aliphatic carbocycles. The third kappa shape index (κ3) is 3.43. The van der Waals surface area contributed by atoms with Crippen LogP contribution in [0.4, 0.5) is 17.2 Å². The number of anilines is 3. The minimum Gasteiger partial charge on any atom is -0.493 e. The van der Waals surface area contributed by atoms with Crippen molar-refractivity contribution in [1.29, 1.82) is 0 Å². The van der Waals surface area contributed by atoms with E-state index in [-0.39, 0.29) is 11.6 Å². The summed E-state index contributed by atoms with van der Waals surface area (Å²) in [7, 11) is 0.